The molecule has 106 valence electrons. The molecule has 1 unspecified atom stereocenters. The Hall–Kier alpha value is -2.47. The van der Waals surface area contributed by atoms with Crippen molar-refractivity contribution >= 4 is 16.6 Å². The summed E-state index contributed by atoms with van der Waals surface area (Å²) in [6.45, 7) is 2.69. The summed E-state index contributed by atoms with van der Waals surface area (Å²) in [6, 6.07) is 10.6. The minimum absolute atomic E-state index is 0.149. The second-order valence-electron chi connectivity index (χ2n) is 5.16. The zero-order valence-electron chi connectivity index (χ0n) is 11.5. The van der Waals surface area contributed by atoms with Crippen LogP contribution in [0.4, 0.5) is 5.82 Å². The number of anilines is 1. The number of pyridine rings is 1. The van der Waals surface area contributed by atoms with Crippen LogP contribution in [0.2, 0.25) is 0 Å². The second-order valence-corrected chi connectivity index (χ2v) is 5.16. The minimum Gasteiger partial charge on any atom is -0.345 e. The van der Waals surface area contributed by atoms with E-state index in [2.05, 4.69) is 54.9 Å². The maximum Gasteiger partial charge on any atom is 0.137 e. The molecular formula is C15H16N6. The van der Waals surface area contributed by atoms with E-state index in [9.17, 15) is 0 Å². The number of benzene rings is 1. The van der Waals surface area contributed by atoms with Gasteiger partial charge >= 0.3 is 0 Å². The lowest BCUT2D eigenvalue weighted by Gasteiger charge is -2.36. The number of aromatic amines is 1. The molecule has 1 aliphatic heterocycles. The highest BCUT2D eigenvalue weighted by atomic mass is 15.3. The Morgan fingerprint density at radius 2 is 2.14 bits per heavy atom. The molecule has 21 heavy (non-hydrogen) atoms. The fraction of sp³-hybridized carbons (Fsp3) is 0.267. The first-order valence-corrected chi connectivity index (χ1v) is 7.10. The molecule has 3 aromatic rings. The number of nitrogens with zero attached hydrogens (tertiary/aromatic N) is 4. The van der Waals surface area contributed by atoms with Gasteiger partial charge in [0.2, 0.25) is 0 Å². The van der Waals surface area contributed by atoms with E-state index in [1.807, 2.05) is 12.3 Å². The van der Waals surface area contributed by atoms with E-state index in [1.165, 1.54) is 10.8 Å². The molecule has 3 heterocycles. The van der Waals surface area contributed by atoms with Gasteiger partial charge in [0.1, 0.15) is 11.5 Å². The van der Waals surface area contributed by atoms with E-state index < -0.39 is 0 Å². The van der Waals surface area contributed by atoms with Crippen molar-refractivity contribution in [1.82, 2.24) is 25.7 Å². The van der Waals surface area contributed by atoms with Crippen molar-refractivity contribution in [3.05, 3.63) is 48.4 Å². The lowest BCUT2D eigenvalue weighted by atomic mass is 10.1. The largest absolute Gasteiger partial charge is 0.345 e. The van der Waals surface area contributed by atoms with Crippen molar-refractivity contribution in [1.29, 1.82) is 0 Å². The molecule has 1 atom stereocenters. The zero-order chi connectivity index (χ0) is 14.1. The molecule has 4 rings (SSSR count). The smallest absolute Gasteiger partial charge is 0.137 e. The summed E-state index contributed by atoms with van der Waals surface area (Å²) in [5.74, 6) is 1.02. The quantitative estimate of drug-likeness (QED) is 0.744. The summed E-state index contributed by atoms with van der Waals surface area (Å²) in [6.07, 6.45) is 3.66. The summed E-state index contributed by atoms with van der Waals surface area (Å²) < 4.78 is 0. The molecule has 0 spiro atoms. The summed E-state index contributed by atoms with van der Waals surface area (Å²) in [7, 11) is 0. The number of hydrogen-bond acceptors (Lipinski definition) is 5. The molecule has 6 heteroatoms. The SMILES string of the molecule is c1ccc2c(N3CCNCC3c3cn[nH]n3)nccc2c1. The highest BCUT2D eigenvalue weighted by molar-refractivity contribution is 5.92. The van der Waals surface area contributed by atoms with Crippen LogP contribution in [-0.2, 0) is 0 Å². The fourth-order valence-corrected chi connectivity index (χ4v) is 2.93. The standard InChI is InChI=1S/C15H16N6/c1-2-4-12-11(3-1)5-6-17-15(12)21-8-7-16-10-14(21)13-9-18-20-19-13/h1-6,9,14,16H,7-8,10H2,(H,18,19,20). The van der Waals surface area contributed by atoms with Crippen LogP contribution >= 0.6 is 0 Å². The number of fused-ring (bicyclic) bond motifs is 1. The number of nitrogens with one attached hydrogen (secondary N) is 2. The Morgan fingerprint density at radius 1 is 1.19 bits per heavy atom. The average Bonchev–Trinajstić information content (AvgIpc) is 3.09. The molecule has 1 fully saturated rings. The maximum atomic E-state index is 4.63. The van der Waals surface area contributed by atoms with E-state index >= 15 is 0 Å². The van der Waals surface area contributed by atoms with Gasteiger partial charge in [-0.1, -0.05) is 24.3 Å². The van der Waals surface area contributed by atoms with Crippen molar-refractivity contribution in [3.8, 4) is 0 Å². The van der Waals surface area contributed by atoms with Crippen LogP contribution in [-0.4, -0.2) is 40.0 Å². The minimum atomic E-state index is 0.149. The van der Waals surface area contributed by atoms with Gasteiger partial charge in [-0.3, -0.25) is 0 Å². The predicted molar refractivity (Wildman–Crippen MR) is 81.1 cm³/mol. The van der Waals surface area contributed by atoms with Crippen LogP contribution in [0.3, 0.4) is 0 Å². The highest BCUT2D eigenvalue weighted by Gasteiger charge is 2.27. The van der Waals surface area contributed by atoms with Crippen LogP contribution in [0.5, 0.6) is 0 Å². The van der Waals surface area contributed by atoms with Crippen LogP contribution in [0.1, 0.15) is 11.7 Å². The third kappa shape index (κ3) is 2.13. The van der Waals surface area contributed by atoms with Crippen molar-refractivity contribution in [2.24, 2.45) is 0 Å². The van der Waals surface area contributed by atoms with E-state index in [0.717, 1.165) is 31.1 Å². The molecule has 6 nitrogen and oxygen atoms in total. The fourth-order valence-electron chi connectivity index (χ4n) is 2.93. The highest BCUT2D eigenvalue weighted by Crippen LogP contribution is 2.30. The number of piperazine rings is 1. The van der Waals surface area contributed by atoms with Crippen molar-refractivity contribution in [3.63, 3.8) is 0 Å². The van der Waals surface area contributed by atoms with Crippen molar-refractivity contribution in [2.75, 3.05) is 24.5 Å². The summed E-state index contributed by atoms with van der Waals surface area (Å²) in [5, 5.41) is 16.7. The topological polar surface area (TPSA) is 69.7 Å². The van der Waals surface area contributed by atoms with Gasteiger partial charge in [-0.25, -0.2) is 4.98 Å². The van der Waals surface area contributed by atoms with E-state index in [4.69, 9.17) is 0 Å². The lowest BCUT2D eigenvalue weighted by molar-refractivity contribution is 0.479. The second kappa shape index (κ2) is 5.14. The molecule has 2 aromatic heterocycles. The Labute approximate surface area is 122 Å². The third-order valence-corrected chi connectivity index (χ3v) is 3.94. The Balaban J connectivity index is 1.82. The van der Waals surface area contributed by atoms with Crippen molar-refractivity contribution in [2.45, 2.75) is 6.04 Å². The van der Waals surface area contributed by atoms with Crippen LogP contribution in [0, 0.1) is 0 Å². The van der Waals surface area contributed by atoms with E-state index in [1.54, 1.807) is 6.20 Å². The number of hydrogen-bond donors (Lipinski definition) is 2. The van der Waals surface area contributed by atoms with Gasteiger partial charge < -0.3 is 10.2 Å². The molecule has 0 aliphatic carbocycles. The van der Waals surface area contributed by atoms with Crippen molar-refractivity contribution < 1.29 is 0 Å². The first-order chi connectivity index (χ1) is 10.4. The molecule has 1 aromatic carbocycles. The maximum absolute atomic E-state index is 4.63. The predicted octanol–water partition coefficient (Wildman–Crippen LogP) is 1.50. The molecule has 1 aliphatic rings. The first-order valence-electron chi connectivity index (χ1n) is 7.10. The lowest BCUT2D eigenvalue weighted by Crippen LogP contribution is -2.46. The van der Waals surface area contributed by atoms with Gasteiger partial charge in [-0.15, -0.1) is 0 Å². The summed E-state index contributed by atoms with van der Waals surface area (Å²) in [4.78, 5) is 6.95. The first kappa shape index (κ1) is 12.3. The molecular weight excluding hydrogens is 264 g/mol. The zero-order valence-corrected chi connectivity index (χ0v) is 11.5. The monoisotopic (exact) mass is 280 g/mol. The van der Waals surface area contributed by atoms with Crippen LogP contribution in [0.25, 0.3) is 10.8 Å². The molecule has 1 saturated heterocycles. The van der Waals surface area contributed by atoms with E-state index in [0.29, 0.717) is 0 Å². The Morgan fingerprint density at radius 3 is 3.05 bits per heavy atom. The number of aromatic nitrogens is 4. The molecule has 0 bridgehead atoms. The average molecular weight is 280 g/mol. The van der Waals surface area contributed by atoms with Crippen LogP contribution in [0.15, 0.2) is 42.7 Å². The molecule has 0 amide bonds. The van der Waals surface area contributed by atoms with Gasteiger partial charge in [0, 0.05) is 31.2 Å². The summed E-state index contributed by atoms with van der Waals surface area (Å²) >= 11 is 0. The molecule has 2 N–H and O–H groups in total. The van der Waals surface area contributed by atoms with Crippen LogP contribution < -0.4 is 10.2 Å². The van der Waals surface area contributed by atoms with Gasteiger partial charge in [-0.05, 0) is 11.5 Å². The third-order valence-electron chi connectivity index (χ3n) is 3.94. The number of H-pyrrole nitrogens is 1. The Kier molecular flexibility index (Phi) is 3.01. The van der Waals surface area contributed by atoms with Gasteiger partial charge in [0.15, 0.2) is 0 Å². The van der Waals surface area contributed by atoms with Gasteiger partial charge in [-0.2, -0.15) is 15.4 Å². The van der Waals surface area contributed by atoms with E-state index in [-0.39, 0.29) is 6.04 Å². The summed E-state index contributed by atoms with van der Waals surface area (Å²) in [5.41, 5.74) is 0.942. The molecule has 0 radical (unpaired) electrons. The van der Waals surface area contributed by atoms with Gasteiger partial charge in [0.05, 0.1) is 12.2 Å². The normalized spacial score (nSPS) is 19.0. The molecule has 0 saturated carbocycles. The van der Waals surface area contributed by atoms with Gasteiger partial charge in [0.25, 0.3) is 0 Å². The Bertz CT molecular complexity index is 734. The number of rotatable bonds is 2.